The van der Waals surface area contributed by atoms with E-state index in [2.05, 4.69) is 17.5 Å². The lowest BCUT2D eigenvalue weighted by Gasteiger charge is -2.05. The highest BCUT2D eigenvalue weighted by Crippen LogP contribution is 2.25. The largest absolute Gasteiger partial charge is 0.494 e. The highest BCUT2D eigenvalue weighted by atomic mass is 19.1. The second-order valence-electron chi connectivity index (χ2n) is 7.62. The van der Waals surface area contributed by atoms with Gasteiger partial charge in [-0.2, -0.15) is 10.2 Å². The maximum atomic E-state index is 13.0. The van der Waals surface area contributed by atoms with Crippen molar-refractivity contribution in [2.75, 3.05) is 13.2 Å². The standard InChI is InChI=1S/C27H25FN4O3/c1-2-16-34-24-12-8-20(9-13-24)27-21(18-32(31-27)23-6-4-3-5-7-23)17-29-30-26(33)19-35-25-14-10-22(28)11-15-25/h3-15,17-18H,2,16,19H2,1H3,(H,30,33). The summed E-state index contributed by atoms with van der Waals surface area (Å²) in [4.78, 5) is 12.1. The summed E-state index contributed by atoms with van der Waals surface area (Å²) in [6.45, 7) is 2.46. The summed E-state index contributed by atoms with van der Waals surface area (Å²) in [5.74, 6) is 0.367. The predicted octanol–water partition coefficient (Wildman–Crippen LogP) is 5.00. The van der Waals surface area contributed by atoms with Crippen molar-refractivity contribution < 1.29 is 18.7 Å². The molecule has 0 spiro atoms. The molecule has 0 fully saturated rings. The van der Waals surface area contributed by atoms with Crippen LogP contribution in [-0.2, 0) is 4.79 Å². The van der Waals surface area contributed by atoms with E-state index in [-0.39, 0.29) is 12.4 Å². The second kappa shape index (κ2) is 11.6. The fourth-order valence-electron chi connectivity index (χ4n) is 3.23. The van der Waals surface area contributed by atoms with Crippen LogP contribution >= 0.6 is 0 Å². The lowest BCUT2D eigenvalue weighted by Crippen LogP contribution is -2.24. The molecule has 4 rings (SSSR count). The van der Waals surface area contributed by atoms with E-state index in [9.17, 15) is 9.18 Å². The van der Waals surface area contributed by atoms with Crippen LogP contribution in [0.1, 0.15) is 18.9 Å². The predicted molar refractivity (Wildman–Crippen MR) is 132 cm³/mol. The van der Waals surface area contributed by atoms with Crippen LogP contribution in [-0.4, -0.2) is 35.1 Å². The summed E-state index contributed by atoms with van der Waals surface area (Å²) in [6.07, 6.45) is 4.32. The summed E-state index contributed by atoms with van der Waals surface area (Å²) < 4.78 is 25.8. The molecule has 3 aromatic carbocycles. The number of nitrogens with one attached hydrogen (secondary N) is 1. The Hall–Kier alpha value is -4.46. The number of hydrogen-bond donors (Lipinski definition) is 1. The topological polar surface area (TPSA) is 77.7 Å². The Balaban J connectivity index is 1.49. The van der Waals surface area contributed by atoms with Gasteiger partial charge < -0.3 is 9.47 Å². The Morgan fingerprint density at radius 1 is 1.00 bits per heavy atom. The Labute approximate surface area is 202 Å². The van der Waals surface area contributed by atoms with Crippen LogP contribution in [0.4, 0.5) is 4.39 Å². The molecule has 0 aliphatic rings. The van der Waals surface area contributed by atoms with Crippen LogP contribution in [0.5, 0.6) is 11.5 Å². The molecule has 4 aromatic rings. The third kappa shape index (κ3) is 6.54. The van der Waals surface area contributed by atoms with Gasteiger partial charge in [-0.05, 0) is 67.1 Å². The molecule has 0 radical (unpaired) electrons. The van der Waals surface area contributed by atoms with Gasteiger partial charge in [0.1, 0.15) is 23.0 Å². The zero-order valence-electron chi connectivity index (χ0n) is 19.2. The van der Waals surface area contributed by atoms with E-state index in [0.29, 0.717) is 18.1 Å². The van der Waals surface area contributed by atoms with Crippen LogP contribution in [0.3, 0.4) is 0 Å². The summed E-state index contributed by atoms with van der Waals surface area (Å²) in [5.41, 5.74) is 5.65. The van der Waals surface area contributed by atoms with Crippen LogP contribution in [0.2, 0.25) is 0 Å². The third-order valence-electron chi connectivity index (χ3n) is 4.94. The number of hydrazone groups is 1. The van der Waals surface area contributed by atoms with E-state index in [4.69, 9.17) is 14.6 Å². The van der Waals surface area contributed by atoms with Crippen molar-refractivity contribution in [2.24, 2.45) is 5.10 Å². The average Bonchev–Trinajstić information content (AvgIpc) is 3.32. The van der Waals surface area contributed by atoms with E-state index in [1.54, 1.807) is 10.9 Å². The maximum absolute atomic E-state index is 13.0. The Morgan fingerprint density at radius 2 is 1.69 bits per heavy atom. The highest BCUT2D eigenvalue weighted by Gasteiger charge is 2.12. The van der Waals surface area contributed by atoms with Crippen molar-refractivity contribution in [3.63, 3.8) is 0 Å². The van der Waals surface area contributed by atoms with Gasteiger partial charge in [0.2, 0.25) is 0 Å². The molecule has 1 aromatic heterocycles. The first-order valence-corrected chi connectivity index (χ1v) is 11.2. The fourth-order valence-corrected chi connectivity index (χ4v) is 3.23. The molecule has 0 bridgehead atoms. The maximum Gasteiger partial charge on any atom is 0.277 e. The van der Waals surface area contributed by atoms with Crippen LogP contribution in [0.15, 0.2) is 90.2 Å². The first-order valence-electron chi connectivity index (χ1n) is 11.2. The molecule has 0 unspecified atom stereocenters. The van der Waals surface area contributed by atoms with Crippen LogP contribution in [0, 0.1) is 5.82 Å². The van der Waals surface area contributed by atoms with Gasteiger partial charge in [0, 0.05) is 17.3 Å². The summed E-state index contributed by atoms with van der Waals surface area (Å²) in [7, 11) is 0. The number of hydrogen-bond acceptors (Lipinski definition) is 5. The number of ether oxygens (including phenoxy) is 2. The number of aromatic nitrogens is 2. The molecule has 0 aliphatic heterocycles. The third-order valence-corrected chi connectivity index (χ3v) is 4.94. The number of benzene rings is 3. The van der Waals surface area contributed by atoms with Crippen molar-refractivity contribution in [1.82, 2.24) is 15.2 Å². The molecule has 35 heavy (non-hydrogen) atoms. The van der Waals surface area contributed by atoms with Gasteiger partial charge in [-0.1, -0.05) is 25.1 Å². The summed E-state index contributed by atoms with van der Waals surface area (Å²) >= 11 is 0. The molecular formula is C27H25FN4O3. The smallest absolute Gasteiger partial charge is 0.277 e. The lowest BCUT2D eigenvalue weighted by atomic mass is 10.1. The number of halogens is 1. The number of para-hydroxylation sites is 1. The minimum Gasteiger partial charge on any atom is -0.494 e. The number of amides is 1. The number of nitrogens with zero attached hydrogens (tertiary/aromatic N) is 3. The zero-order chi connectivity index (χ0) is 24.5. The monoisotopic (exact) mass is 472 g/mol. The number of carbonyl (C=O) groups is 1. The van der Waals surface area contributed by atoms with Gasteiger partial charge in [0.25, 0.3) is 5.91 Å². The van der Waals surface area contributed by atoms with Gasteiger partial charge >= 0.3 is 0 Å². The Bertz CT molecular complexity index is 1270. The van der Waals surface area contributed by atoms with E-state index in [1.165, 1.54) is 24.3 Å². The molecule has 0 atom stereocenters. The molecule has 0 saturated carbocycles. The fraction of sp³-hybridized carbons (Fsp3) is 0.148. The van der Waals surface area contributed by atoms with Crippen LogP contribution < -0.4 is 14.9 Å². The van der Waals surface area contributed by atoms with E-state index in [1.807, 2.05) is 60.8 Å². The first kappa shape index (κ1) is 23.7. The van der Waals surface area contributed by atoms with E-state index in [0.717, 1.165) is 29.0 Å². The van der Waals surface area contributed by atoms with Gasteiger partial charge in [0.15, 0.2) is 6.61 Å². The van der Waals surface area contributed by atoms with E-state index < -0.39 is 5.91 Å². The molecule has 1 heterocycles. The number of carbonyl (C=O) groups excluding carboxylic acids is 1. The second-order valence-corrected chi connectivity index (χ2v) is 7.62. The van der Waals surface area contributed by atoms with E-state index >= 15 is 0 Å². The molecule has 0 aliphatic carbocycles. The van der Waals surface area contributed by atoms with Crippen molar-refractivity contribution in [2.45, 2.75) is 13.3 Å². The number of rotatable bonds is 10. The van der Waals surface area contributed by atoms with Crippen molar-refractivity contribution in [3.8, 4) is 28.4 Å². The van der Waals surface area contributed by atoms with Gasteiger partial charge in [-0.25, -0.2) is 14.5 Å². The molecule has 1 amide bonds. The molecule has 0 saturated heterocycles. The molecule has 178 valence electrons. The first-order chi connectivity index (χ1) is 17.1. The van der Waals surface area contributed by atoms with Gasteiger partial charge in [0.05, 0.1) is 18.5 Å². The SMILES string of the molecule is CCCOc1ccc(-c2nn(-c3ccccc3)cc2C=NNC(=O)COc2ccc(F)cc2)cc1. The molecule has 8 heteroatoms. The normalized spacial score (nSPS) is 10.9. The van der Waals surface area contributed by atoms with Crippen molar-refractivity contribution in [1.29, 1.82) is 0 Å². The van der Waals surface area contributed by atoms with Crippen LogP contribution in [0.25, 0.3) is 16.9 Å². The highest BCUT2D eigenvalue weighted by molar-refractivity contribution is 5.89. The molecular weight excluding hydrogens is 447 g/mol. The van der Waals surface area contributed by atoms with Crippen molar-refractivity contribution in [3.05, 3.63) is 96.4 Å². The van der Waals surface area contributed by atoms with Crippen molar-refractivity contribution >= 4 is 12.1 Å². The zero-order valence-corrected chi connectivity index (χ0v) is 19.2. The molecule has 7 nitrogen and oxygen atoms in total. The average molecular weight is 473 g/mol. The van der Waals surface area contributed by atoms with Gasteiger partial charge in [-0.15, -0.1) is 0 Å². The summed E-state index contributed by atoms with van der Waals surface area (Å²) in [5, 5.41) is 8.82. The lowest BCUT2D eigenvalue weighted by molar-refractivity contribution is -0.123. The quantitative estimate of drug-likeness (QED) is 0.260. The summed E-state index contributed by atoms with van der Waals surface area (Å²) in [6, 6.07) is 22.8. The minimum atomic E-state index is -0.444. The molecule has 1 N–H and O–H groups in total. The minimum absolute atomic E-state index is 0.252. The van der Waals surface area contributed by atoms with Gasteiger partial charge in [-0.3, -0.25) is 4.79 Å². The Kier molecular flexibility index (Phi) is 7.85. The Morgan fingerprint density at radius 3 is 2.40 bits per heavy atom.